The van der Waals surface area contributed by atoms with Gasteiger partial charge in [0.25, 0.3) is 0 Å². The molecule has 2 N–H and O–H groups in total. The van der Waals surface area contributed by atoms with E-state index in [0.29, 0.717) is 40.2 Å². The van der Waals surface area contributed by atoms with Crippen LogP contribution in [0.4, 0.5) is 27.4 Å². The van der Waals surface area contributed by atoms with E-state index >= 15 is 0 Å². The van der Waals surface area contributed by atoms with E-state index < -0.39 is 0 Å². The van der Waals surface area contributed by atoms with Crippen LogP contribution in [-0.2, 0) is 4.79 Å². The number of carbonyl (C=O) groups excluding carboxylic acids is 1. The quantitative estimate of drug-likeness (QED) is 0.333. The standard InChI is InChI=1S/C26H25FN6O2S/c1-3-23(34)28-17-5-4-6-19(15-17)35-25-24-21(9-14-36-24)30-26(31-25)29-18-7-8-22(20(27)16-18)33-12-10-32(2)11-13-33/h3-9,14-16H,1,10-13H2,2H3,(H,28,34)(H,29,30,31). The van der Waals surface area contributed by atoms with Crippen molar-refractivity contribution >= 4 is 50.5 Å². The lowest BCUT2D eigenvalue weighted by Crippen LogP contribution is -2.44. The molecule has 4 aromatic rings. The molecule has 0 unspecified atom stereocenters. The number of piperazine rings is 1. The van der Waals surface area contributed by atoms with Crippen LogP contribution in [0.25, 0.3) is 10.2 Å². The molecule has 3 heterocycles. The van der Waals surface area contributed by atoms with Gasteiger partial charge in [0.1, 0.15) is 16.3 Å². The van der Waals surface area contributed by atoms with Gasteiger partial charge < -0.3 is 25.2 Å². The SMILES string of the molecule is C=CC(=O)Nc1cccc(Oc2nc(Nc3ccc(N4CCN(C)CC4)c(F)c3)nc3ccsc23)c1. The number of likely N-dealkylation sites (N-methyl/N-ethyl adjacent to an activating group) is 1. The highest BCUT2D eigenvalue weighted by Gasteiger charge is 2.18. The van der Waals surface area contributed by atoms with Gasteiger partial charge in [0.2, 0.25) is 17.7 Å². The van der Waals surface area contributed by atoms with Crippen molar-refractivity contribution < 1.29 is 13.9 Å². The number of carbonyl (C=O) groups is 1. The number of benzene rings is 2. The lowest BCUT2D eigenvalue weighted by atomic mass is 10.2. The van der Waals surface area contributed by atoms with E-state index in [0.717, 1.165) is 30.9 Å². The number of halogens is 1. The fourth-order valence-electron chi connectivity index (χ4n) is 3.92. The van der Waals surface area contributed by atoms with Crippen molar-refractivity contribution in [2.24, 2.45) is 0 Å². The van der Waals surface area contributed by atoms with E-state index in [2.05, 4.69) is 44.0 Å². The highest BCUT2D eigenvalue weighted by Crippen LogP contribution is 2.34. The fraction of sp³-hybridized carbons (Fsp3) is 0.192. The highest BCUT2D eigenvalue weighted by molar-refractivity contribution is 7.17. The van der Waals surface area contributed by atoms with Crippen LogP contribution in [0.1, 0.15) is 0 Å². The van der Waals surface area contributed by atoms with Crippen LogP contribution in [0.15, 0.2) is 66.6 Å². The molecule has 1 amide bonds. The van der Waals surface area contributed by atoms with Gasteiger partial charge in [0.15, 0.2) is 0 Å². The number of rotatable bonds is 7. The van der Waals surface area contributed by atoms with Crippen LogP contribution >= 0.6 is 11.3 Å². The summed E-state index contributed by atoms with van der Waals surface area (Å²) in [7, 11) is 2.07. The molecule has 1 aliphatic heterocycles. The maximum atomic E-state index is 15.0. The maximum Gasteiger partial charge on any atom is 0.247 e. The van der Waals surface area contributed by atoms with Gasteiger partial charge in [-0.3, -0.25) is 4.79 Å². The summed E-state index contributed by atoms with van der Waals surface area (Å²) in [5, 5.41) is 7.72. The van der Waals surface area contributed by atoms with E-state index in [9.17, 15) is 9.18 Å². The number of thiophene rings is 1. The minimum Gasteiger partial charge on any atom is -0.437 e. The van der Waals surface area contributed by atoms with Crippen molar-refractivity contribution in [1.82, 2.24) is 14.9 Å². The molecule has 2 aromatic carbocycles. The second-order valence-electron chi connectivity index (χ2n) is 8.39. The number of ether oxygens (including phenoxy) is 1. The first-order valence-electron chi connectivity index (χ1n) is 11.4. The van der Waals surface area contributed by atoms with Gasteiger partial charge in [-0.2, -0.15) is 4.98 Å². The van der Waals surface area contributed by atoms with Gasteiger partial charge in [-0.25, -0.2) is 9.37 Å². The number of aromatic nitrogens is 2. The molecular weight excluding hydrogens is 479 g/mol. The second-order valence-corrected chi connectivity index (χ2v) is 9.31. The molecule has 1 fully saturated rings. The lowest BCUT2D eigenvalue weighted by Gasteiger charge is -2.34. The smallest absolute Gasteiger partial charge is 0.247 e. The van der Waals surface area contributed by atoms with Crippen molar-refractivity contribution in [3.05, 3.63) is 72.4 Å². The van der Waals surface area contributed by atoms with Crippen LogP contribution in [0.3, 0.4) is 0 Å². The monoisotopic (exact) mass is 504 g/mol. The summed E-state index contributed by atoms with van der Waals surface area (Å²) >= 11 is 1.46. The summed E-state index contributed by atoms with van der Waals surface area (Å²) in [6.07, 6.45) is 1.20. The third-order valence-corrected chi connectivity index (χ3v) is 6.71. The summed E-state index contributed by atoms with van der Waals surface area (Å²) in [5.41, 5.74) is 2.41. The molecule has 2 aromatic heterocycles. The number of hydrogen-bond acceptors (Lipinski definition) is 8. The molecule has 10 heteroatoms. The molecule has 5 rings (SSSR count). The van der Waals surface area contributed by atoms with Crippen LogP contribution in [-0.4, -0.2) is 54.0 Å². The van der Waals surface area contributed by atoms with Gasteiger partial charge in [0.05, 0.1) is 11.2 Å². The summed E-state index contributed by atoms with van der Waals surface area (Å²) in [6, 6.07) is 13.9. The second kappa shape index (κ2) is 10.3. The molecule has 1 saturated heterocycles. The Kier molecular flexibility index (Phi) is 6.79. The van der Waals surface area contributed by atoms with Crippen molar-refractivity contribution in [2.75, 3.05) is 48.8 Å². The topological polar surface area (TPSA) is 82.6 Å². The molecule has 0 aliphatic carbocycles. The van der Waals surface area contributed by atoms with Gasteiger partial charge in [-0.1, -0.05) is 12.6 Å². The first-order chi connectivity index (χ1) is 17.5. The summed E-state index contributed by atoms with van der Waals surface area (Å²) in [5.74, 6) is 0.542. The van der Waals surface area contributed by atoms with Gasteiger partial charge in [-0.05, 0) is 54.9 Å². The molecule has 0 atom stereocenters. The van der Waals surface area contributed by atoms with E-state index in [4.69, 9.17) is 4.74 Å². The zero-order chi connectivity index (χ0) is 25.1. The number of nitrogens with one attached hydrogen (secondary N) is 2. The molecular formula is C26H25FN6O2S. The van der Waals surface area contributed by atoms with Crippen LogP contribution in [0, 0.1) is 5.82 Å². The minimum absolute atomic E-state index is 0.291. The number of anilines is 4. The molecule has 184 valence electrons. The number of fused-ring (bicyclic) bond motifs is 1. The Morgan fingerprint density at radius 3 is 2.72 bits per heavy atom. The normalized spacial score (nSPS) is 14.0. The van der Waals surface area contributed by atoms with Gasteiger partial charge >= 0.3 is 0 Å². The minimum atomic E-state index is -0.313. The third kappa shape index (κ3) is 5.29. The Hall–Kier alpha value is -4.02. The Morgan fingerprint density at radius 1 is 1.11 bits per heavy atom. The molecule has 8 nitrogen and oxygen atoms in total. The average molecular weight is 505 g/mol. The van der Waals surface area contributed by atoms with E-state index in [1.165, 1.54) is 23.5 Å². The molecule has 0 spiro atoms. The van der Waals surface area contributed by atoms with Crippen molar-refractivity contribution in [3.63, 3.8) is 0 Å². The Labute approximate surface area is 212 Å². The lowest BCUT2D eigenvalue weighted by molar-refractivity contribution is -0.111. The number of amides is 1. The number of hydrogen-bond donors (Lipinski definition) is 2. The van der Waals surface area contributed by atoms with Crippen molar-refractivity contribution in [2.45, 2.75) is 0 Å². The van der Waals surface area contributed by atoms with E-state index in [1.54, 1.807) is 30.3 Å². The predicted octanol–water partition coefficient (Wildman–Crippen LogP) is 5.24. The highest BCUT2D eigenvalue weighted by atomic mass is 32.1. The Balaban J connectivity index is 1.37. The Bertz CT molecular complexity index is 1420. The molecule has 1 aliphatic rings. The van der Waals surface area contributed by atoms with Crippen LogP contribution in [0.5, 0.6) is 11.6 Å². The van der Waals surface area contributed by atoms with Crippen LogP contribution in [0.2, 0.25) is 0 Å². The largest absolute Gasteiger partial charge is 0.437 e. The van der Waals surface area contributed by atoms with Gasteiger partial charge in [-0.15, -0.1) is 11.3 Å². The molecule has 0 bridgehead atoms. The predicted molar refractivity (Wildman–Crippen MR) is 142 cm³/mol. The molecule has 36 heavy (non-hydrogen) atoms. The third-order valence-electron chi connectivity index (χ3n) is 5.82. The van der Waals surface area contributed by atoms with E-state index in [-0.39, 0.29) is 11.7 Å². The van der Waals surface area contributed by atoms with Crippen molar-refractivity contribution in [3.8, 4) is 11.6 Å². The zero-order valence-corrected chi connectivity index (χ0v) is 20.5. The average Bonchev–Trinajstić information content (AvgIpc) is 3.34. The molecule has 0 radical (unpaired) electrons. The van der Waals surface area contributed by atoms with Crippen LogP contribution < -0.4 is 20.3 Å². The van der Waals surface area contributed by atoms with Crippen molar-refractivity contribution in [1.29, 1.82) is 0 Å². The molecule has 0 saturated carbocycles. The number of nitrogens with zero attached hydrogens (tertiary/aromatic N) is 4. The summed E-state index contributed by atoms with van der Waals surface area (Å²) in [6.45, 7) is 6.85. The first-order valence-corrected chi connectivity index (χ1v) is 12.3. The summed E-state index contributed by atoms with van der Waals surface area (Å²) in [4.78, 5) is 25.0. The Morgan fingerprint density at radius 2 is 1.94 bits per heavy atom. The zero-order valence-electron chi connectivity index (χ0n) is 19.7. The fourth-order valence-corrected chi connectivity index (χ4v) is 4.68. The first kappa shape index (κ1) is 23.7. The van der Waals surface area contributed by atoms with E-state index in [1.807, 2.05) is 17.5 Å². The van der Waals surface area contributed by atoms with Gasteiger partial charge in [0, 0.05) is 43.6 Å². The summed E-state index contributed by atoms with van der Waals surface area (Å²) < 4.78 is 21.8. The maximum absolute atomic E-state index is 15.0.